The van der Waals surface area contributed by atoms with Crippen molar-refractivity contribution in [2.75, 3.05) is 6.61 Å². The molecule has 0 spiro atoms. The SMILES string of the molecule is CCOC(=O)C(CC)C(=O)c1cccc2ccccc12. The number of carbonyl (C=O) groups excluding carboxylic acids is 2. The van der Waals surface area contributed by atoms with Crippen LogP contribution < -0.4 is 0 Å². The van der Waals surface area contributed by atoms with E-state index in [9.17, 15) is 9.59 Å². The highest BCUT2D eigenvalue weighted by Crippen LogP contribution is 2.23. The number of hydrogen-bond acceptors (Lipinski definition) is 3. The summed E-state index contributed by atoms with van der Waals surface area (Å²) in [5, 5.41) is 1.87. The van der Waals surface area contributed by atoms with Crippen molar-refractivity contribution in [2.24, 2.45) is 5.92 Å². The summed E-state index contributed by atoms with van der Waals surface area (Å²) in [6.07, 6.45) is 0.445. The lowest BCUT2D eigenvalue weighted by atomic mass is 9.92. The molecule has 0 radical (unpaired) electrons. The fourth-order valence-corrected chi connectivity index (χ4v) is 2.33. The van der Waals surface area contributed by atoms with Gasteiger partial charge in [0.05, 0.1) is 6.61 Å². The molecule has 0 aliphatic heterocycles. The highest BCUT2D eigenvalue weighted by molar-refractivity contribution is 6.15. The number of esters is 1. The van der Waals surface area contributed by atoms with Crippen LogP contribution in [0.5, 0.6) is 0 Å². The summed E-state index contributed by atoms with van der Waals surface area (Å²) in [7, 11) is 0. The first-order valence-corrected chi connectivity index (χ1v) is 6.87. The number of fused-ring (bicyclic) bond motifs is 1. The maximum Gasteiger partial charge on any atom is 0.316 e. The molecule has 0 aliphatic carbocycles. The van der Waals surface area contributed by atoms with E-state index in [4.69, 9.17) is 4.74 Å². The summed E-state index contributed by atoms with van der Waals surface area (Å²) in [6, 6.07) is 13.2. The van der Waals surface area contributed by atoms with Gasteiger partial charge in [-0.1, -0.05) is 49.4 Å². The Morgan fingerprint density at radius 1 is 1.05 bits per heavy atom. The zero-order chi connectivity index (χ0) is 14.5. The van der Waals surface area contributed by atoms with Gasteiger partial charge in [-0.05, 0) is 24.1 Å². The zero-order valence-electron chi connectivity index (χ0n) is 11.8. The highest BCUT2D eigenvalue weighted by atomic mass is 16.5. The van der Waals surface area contributed by atoms with Crippen molar-refractivity contribution in [3.63, 3.8) is 0 Å². The van der Waals surface area contributed by atoms with Gasteiger partial charge in [-0.3, -0.25) is 9.59 Å². The molecule has 0 amide bonds. The molecule has 1 atom stereocenters. The summed E-state index contributed by atoms with van der Waals surface area (Å²) in [5.41, 5.74) is 0.586. The van der Waals surface area contributed by atoms with E-state index < -0.39 is 11.9 Å². The average molecular weight is 270 g/mol. The molecule has 0 aliphatic rings. The van der Waals surface area contributed by atoms with E-state index in [0.717, 1.165) is 10.8 Å². The van der Waals surface area contributed by atoms with Crippen LogP contribution in [0.1, 0.15) is 30.6 Å². The molecule has 3 nitrogen and oxygen atoms in total. The number of carbonyl (C=O) groups is 2. The average Bonchev–Trinajstić information content (AvgIpc) is 2.47. The first-order valence-electron chi connectivity index (χ1n) is 6.87. The molecule has 1 unspecified atom stereocenters. The van der Waals surface area contributed by atoms with Gasteiger partial charge in [0, 0.05) is 5.56 Å². The standard InChI is InChI=1S/C17H18O3/c1-3-13(17(19)20-4-2)16(18)15-11-7-9-12-8-5-6-10-14(12)15/h5-11,13H,3-4H2,1-2H3. The van der Waals surface area contributed by atoms with Gasteiger partial charge in [-0.25, -0.2) is 0 Å². The van der Waals surface area contributed by atoms with Crippen molar-refractivity contribution in [3.05, 3.63) is 48.0 Å². The van der Waals surface area contributed by atoms with Gasteiger partial charge in [0.25, 0.3) is 0 Å². The second-order valence-electron chi connectivity index (χ2n) is 4.60. The number of rotatable bonds is 5. The van der Waals surface area contributed by atoms with E-state index in [1.165, 1.54) is 0 Å². The zero-order valence-corrected chi connectivity index (χ0v) is 11.8. The predicted molar refractivity (Wildman–Crippen MR) is 78.7 cm³/mol. The summed E-state index contributed by atoms with van der Waals surface area (Å²) in [5.74, 6) is -1.32. The maximum absolute atomic E-state index is 12.6. The van der Waals surface area contributed by atoms with Gasteiger partial charge in [0.1, 0.15) is 5.92 Å². The van der Waals surface area contributed by atoms with E-state index in [1.807, 2.05) is 43.3 Å². The second-order valence-corrected chi connectivity index (χ2v) is 4.60. The number of Topliss-reactive ketones (excluding diaryl/α,β-unsaturated/α-hetero) is 1. The van der Waals surface area contributed by atoms with Crippen LogP contribution in [-0.2, 0) is 9.53 Å². The van der Waals surface area contributed by atoms with Crippen molar-refractivity contribution in [1.29, 1.82) is 0 Å². The Kier molecular flexibility index (Phi) is 4.51. The van der Waals surface area contributed by atoms with Crippen LogP contribution in [0.3, 0.4) is 0 Å². The molecule has 0 fully saturated rings. The quantitative estimate of drug-likeness (QED) is 0.473. The molecule has 2 aromatic rings. The van der Waals surface area contributed by atoms with Crippen molar-refractivity contribution in [3.8, 4) is 0 Å². The van der Waals surface area contributed by atoms with Gasteiger partial charge >= 0.3 is 5.97 Å². The van der Waals surface area contributed by atoms with E-state index in [1.54, 1.807) is 13.0 Å². The fourth-order valence-electron chi connectivity index (χ4n) is 2.33. The molecule has 0 aromatic heterocycles. The van der Waals surface area contributed by atoms with Gasteiger partial charge < -0.3 is 4.74 Å². The second kappa shape index (κ2) is 6.33. The minimum Gasteiger partial charge on any atom is -0.465 e. The minimum absolute atomic E-state index is 0.164. The Bertz CT molecular complexity index is 626. The van der Waals surface area contributed by atoms with Crippen LogP contribution >= 0.6 is 0 Å². The molecular weight excluding hydrogens is 252 g/mol. The molecule has 104 valence electrons. The van der Waals surface area contributed by atoms with Gasteiger partial charge in [0.15, 0.2) is 5.78 Å². The fraction of sp³-hybridized carbons (Fsp3) is 0.294. The maximum atomic E-state index is 12.6. The molecule has 0 saturated carbocycles. The third kappa shape index (κ3) is 2.72. The molecule has 2 rings (SSSR count). The molecule has 0 saturated heterocycles. The molecule has 0 bridgehead atoms. The first kappa shape index (κ1) is 14.3. The monoisotopic (exact) mass is 270 g/mol. The van der Waals surface area contributed by atoms with Crippen molar-refractivity contribution < 1.29 is 14.3 Å². The first-order chi connectivity index (χ1) is 9.69. The van der Waals surface area contributed by atoms with Gasteiger partial charge in [-0.15, -0.1) is 0 Å². The number of ketones is 1. The van der Waals surface area contributed by atoms with Crippen molar-refractivity contribution in [2.45, 2.75) is 20.3 Å². The Labute approximate surface area is 118 Å². The predicted octanol–water partition coefficient (Wildman–Crippen LogP) is 3.61. The molecular formula is C17H18O3. The highest BCUT2D eigenvalue weighted by Gasteiger charge is 2.27. The summed E-state index contributed by atoms with van der Waals surface area (Å²) in [6.45, 7) is 3.86. The lowest BCUT2D eigenvalue weighted by Crippen LogP contribution is -2.25. The van der Waals surface area contributed by atoms with Crippen LogP contribution in [-0.4, -0.2) is 18.4 Å². The van der Waals surface area contributed by atoms with E-state index >= 15 is 0 Å². The number of benzene rings is 2. The molecule has 0 N–H and O–H groups in total. The van der Waals surface area contributed by atoms with Crippen LogP contribution in [0.25, 0.3) is 10.8 Å². The largest absolute Gasteiger partial charge is 0.465 e. The minimum atomic E-state index is -0.722. The molecule has 20 heavy (non-hydrogen) atoms. The molecule has 0 heterocycles. The smallest absolute Gasteiger partial charge is 0.316 e. The number of hydrogen-bond donors (Lipinski definition) is 0. The van der Waals surface area contributed by atoms with Gasteiger partial charge in [-0.2, -0.15) is 0 Å². The Hall–Kier alpha value is -2.16. The molecule has 2 aromatic carbocycles. The third-order valence-electron chi connectivity index (χ3n) is 3.35. The normalized spacial score (nSPS) is 12.1. The summed E-state index contributed by atoms with van der Waals surface area (Å²) < 4.78 is 4.99. The van der Waals surface area contributed by atoms with Crippen LogP contribution in [0, 0.1) is 5.92 Å². The lowest BCUT2D eigenvalue weighted by Gasteiger charge is -2.14. The van der Waals surface area contributed by atoms with Gasteiger partial charge in [0.2, 0.25) is 0 Å². The Morgan fingerprint density at radius 2 is 1.75 bits per heavy atom. The van der Waals surface area contributed by atoms with E-state index in [-0.39, 0.29) is 12.4 Å². The summed E-state index contributed by atoms with van der Waals surface area (Å²) in [4.78, 5) is 24.5. The van der Waals surface area contributed by atoms with Crippen LogP contribution in [0.2, 0.25) is 0 Å². The third-order valence-corrected chi connectivity index (χ3v) is 3.35. The Morgan fingerprint density at radius 3 is 2.45 bits per heavy atom. The van der Waals surface area contributed by atoms with Crippen LogP contribution in [0.4, 0.5) is 0 Å². The van der Waals surface area contributed by atoms with Crippen LogP contribution in [0.15, 0.2) is 42.5 Å². The Balaban J connectivity index is 2.42. The number of ether oxygens (including phenoxy) is 1. The molecule has 3 heteroatoms. The van der Waals surface area contributed by atoms with E-state index in [0.29, 0.717) is 12.0 Å². The van der Waals surface area contributed by atoms with Crippen molar-refractivity contribution in [1.82, 2.24) is 0 Å². The lowest BCUT2D eigenvalue weighted by molar-refractivity contribution is -0.146. The summed E-state index contributed by atoms with van der Waals surface area (Å²) >= 11 is 0. The topological polar surface area (TPSA) is 43.4 Å². The van der Waals surface area contributed by atoms with Crippen molar-refractivity contribution >= 4 is 22.5 Å². The van der Waals surface area contributed by atoms with E-state index in [2.05, 4.69) is 0 Å².